The highest BCUT2D eigenvalue weighted by molar-refractivity contribution is 7.84. The predicted octanol–water partition coefficient (Wildman–Crippen LogP) is 4.33. The molecule has 0 radical (unpaired) electrons. The van der Waals surface area contributed by atoms with Crippen molar-refractivity contribution in [1.29, 1.82) is 0 Å². The highest BCUT2D eigenvalue weighted by atomic mass is 35.5. The molecule has 3 N–H and O–H groups in total. The number of hydrogen-bond acceptors (Lipinski definition) is 7. The van der Waals surface area contributed by atoms with E-state index >= 15 is 0 Å². The van der Waals surface area contributed by atoms with Gasteiger partial charge in [0.25, 0.3) is 0 Å². The number of carboxylic acids is 1. The highest BCUT2D eigenvalue weighted by Crippen LogP contribution is 2.35. The third-order valence-electron chi connectivity index (χ3n) is 4.19. The van der Waals surface area contributed by atoms with Gasteiger partial charge in [-0.2, -0.15) is 0 Å². The van der Waals surface area contributed by atoms with Crippen molar-refractivity contribution in [3.8, 4) is 10.4 Å². The molecule has 0 bridgehead atoms. The summed E-state index contributed by atoms with van der Waals surface area (Å²) in [5, 5.41) is 15.0. The molecule has 0 saturated carbocycles. The molecule has 1 heterocycles. The third-order valence-corrected chi connectivity index (χ3v) is 6.71. The fourth-order valence-electron chi connectivity index (χ4n) is 2.33. The molecule has 0 aliphatic carbocycles. The van der Waals surface area contributed by atoms with Gasteiger partial charge in [-0.3, -0.25) is 13.8 Å². The second kappa shape index (κ2) is 13.8. The smallest absolute Gasteiger partial charge is 0.317 e. The number of nitrogens with zero attached hydrogens (tertiary/aromatic N) is 1. The number of ether oxygens (including phenoxy) is 1. The Morgan fingerprint density at radius 3 is 2.48 bits per heavy atom. The maximum atomic E-state index is 12.0. The molecule has 184 valence electrons. The Bertz CT molecular complexity index is 973. The van der Waals surface area contributed by atoms with E-state index < -0.39 is 16.8 Å². The maximum absolute atomic E-state index is 12.0. The van der Waals surface area contributed by atoms with Crippen molar-refractivity contribution >= 4 is 50.7 Å². The second-order valence-electron chi connectivity index (χ2n) is 8.07. The summed E-state index contributed by atoms with van der Waals surface area (Å²) < 4.78 is 16.7. The highest BCUT2D eigenvalue weighted by Gasteiger charge is 2.14. The van der Waals surface area contributed by atoms with Crippen LogP contribution in [-0.4, -0.2) is 58.2 Å². The third kappa shape index (κ3) is 11.2. The van der Waals surface area contributed by atoms with Gasteiger partial charge in [-0.25, -0.2) is 4.98 Å². The number of aromatic nitrogens is 1. The number of benzene rings is 1. The number of carbonyl (C=O) groups excluding carboxylic acids is 1. The summed E-state index contributed by atoms with van der Waals surface area (Å²) in [5.74, 6) is -1.11. The van der Waals surface area contributed by atoms with E-state index in [1.165, 1.54) is 11.3 Å². The first-order valence-electron chi connectivity index (χ1n) is 10.2. The van der Waals surface area contributed by atoms with Gasteiger partial charge in [0.2, 0.25) is 5.91 Å². The van der Waals surface area contributed by atoms with Gasteiger partial charge in [-0.05, 0) is 58.4 Å². The first-order valence-corrected chi connectivity index (χ1v) is 13.0. The number of halogens is 1. The Morgan fingerprint density at radius 1 is 1.30 bits per heavy atom. The van der Waals surface area contributed by atoms with Crippen LogP contribution in [0.3, 0.4) is 0 Å². The SMILES string of the molecule is COC(C)(C)C.Cc1nc(NC(=O)CCCNCC(=O)O)sc1-c1ccc(Cl)c(S(C)=O)c1. The van der Waals surface area contributed by atoms with Crippen molar-refractivity contribution < 1.29 is 23.6 Å². The van der Waals surface area contributed by atoms with Crippen molar-refractivity contribution in [2.45, 2.75) is 51.0 Å². The zero-order valence-corrected chi connectivity index (χ0v) is 22.2. The number of amides is 1. The lowest BCUT2D eigenvalue weighted by molar-refractivity contribution is -0.135. The molecule has 33 heavy (non-hydrogen) atoms. The number of aryl methyl sites for hydroxylation is 1. The van der Waals surface area contributed by atoms with Gasteiger partial charge in [0.05, 0.1) is 43.4 Å². The number of rotatable bonds is 9. The molecule has 1 aromatic heterocycles. The largest absolute Gasteiger partial charge is 0.480 e. The minimum absolute atomic E-state index is 0.0417. The summed E-state index contributed by atoms with van der Waals surface area (Å²) in [6, 6.07) is 5.31. The minimum Gasteiger partial charge on any atom is -0.480 e. The van der Waals surface area contributed by atoms with Crippen LogP contribution in [-0.2, 0) is 25.1 Å². The van der Waals surface area contributed by atoms with Crippen molar-refractivity contribution in [1.82, 2.24) is 10.3 Å². The van der Waals surface area contributed by atoms with E-state index in [1.54, 1.807) is 25.5 Å². The molecule has 1 unspecified atom stereocenters. The van der Waals surface area contributed by atoms with Gasteiger partial charge in [0.1, 0.15) is 0 Å². The standard InChI is InChI=1S/C17H20ClN3O4S2.C5H12O/c1-10-16(11-5-6-12(18)13(8-11)27(2)25)26-17(20-10)21-14(22)4-3-7-19-9-15(23)24;1-5(2,3)6-4/h5-6,8,19H,3-4,7,9H2,1-2H3,(H,23,24)(H,20,21,22);1-4H3. The maximum Gasteiger partial charge on any atom is 0.317 e. The fraction of sp³-hybridized carbons (Fsp3) is 0.500. The van der Waals surface area contributed by atoms with E-state index in [0.717, 1.165) is 16.1 Å². The van der Waals surface area contributed by atoms with Crippen molar-refractivity contribution in [3.05, 3.63) is 28.9 Å². The number of nitrogens with one attached hydrogen (secondary N) is 2. The number of aliphatic carboxylic acids is 1. The van der Waals surface area contributed by atoms with Gasteiger partial charge in [0.15, 0.2) is 5.13 Å². The van der Waals surface area contributed by atoms with E-state index in [2.05, 4.69) is 15.6 Å². The van der Waals surface area contributed by atoms with Crippen LogP contribution < -0.4 is 10.6 Å². The van der Waals surface area contributed by atoms with E-state index in [-0.39, 0.29) is 24.5 Å². The van der Waals surface area contributed by atoms with E-state index in [1.807, 2.05) is 33.8 Å². The average molecular weight is 518 g/mol. The lowest BCUT2D eigenvalue weighted by Gasteiger charge is -2.14. The first-order chi connectivity index (χ1) is 15.3. The summed E-state index contributed by atoms with van der Waals surface area (Å²) in [7, 11) is 0.506. The first kappa shape index (κ1) is 29.2. The Morgan fingerprint density at radius 2 is 1.94 bits per heavy atom. The van der Waals surface area contributed by atoms with Crippen LogP contribution in [0.5, 0.6) is 0 Å². The number of carboxylic acid groups (broad SMARTS) is 1. The van der Waals surface area contributed by atoms with E-state index in [4.69, 9.17) is 21.4 Å². The molecule has 1 aromatic carbocycles. The van der Waals surface area contributed by atoms with Gasteiger partial charge < -0.3 is 20.5 Å². The zero-order chi connectivity index (χ0) is 25.2. The van der Waals surface area contributed by atoms with Crippen LogP contribution in [0.2, 0.25) is 5.02 Å². The van der Waals surface area contributed by atoms with E-state index in [0.29, 0.717) is 28.0 Å². The van der Waals surface area contributed by atoms with Crippen LogP contribution in [0.1, 0.15) is 39.3 Å². The molecule has 11 heteroatoms. The fourth-order valence-corrected chi connectivity index (χ4v) is 4.39. The summed E-state index contributed by atoms with van der Waals surface area (Å²) in [5.41, 5.74) is 1.64. The van der Waals surface area contributed by atoms with Gasteiger partial charge >= 0.3 is 5.97 Å². The number of anilines is 1. The second-order valence-corrected chi connectivity index (χ2v) is 10.8. The Balaban J connectivity index is 0.000000801. The quantitative estimate of drug-likeness (QED) is 0.423. The lowest BCUT2D eigenvalue weighted by atomic mass is 10.2. The molecule has 0 saturated heterocycles. The molecule has 2 aromatic rings. The Kier molecular flexibility index (Phi) is 12.2. The summed E-state index contributed by atoms with van der Waals surface area (Å²) in [6.45, 7) is 8.23. The number of hydrogen-bond donors (Lipinski definition) is 3. The Labute approximate surface area is 206 Å². The number of thiazole rings is 1. The van der Waals surface area contributed by atoms with Crippen LogP contribution in [0.4, 0.5) is 5.13 Å². The van der Waals surface area contributed by atoms with Crippen LogP contribution >= 0.6 is 22.9 Å². The summed E-state index contributed by atoms with van der Waals surface area (Å²) in [4.78, 5) is 28.2. The molecule has 2 rings (SSSR count). The van der Waals surface area contributed by atoms with Gasteiger partial charge in [0, 0.05) is 19.8 Å². The van der Waals surface area contributed by atoms with Crippen molar-refractivity contribution in [2.75, 3.05) is 31.8 Å². The molecule has 0 spiro atoms. The van der Waals surface area contributed by atoms with Crippen molar-refractivity contribution in [2.24, 2.45) is 0 Å². The zero-order valence-electron chi connectivity index (χ0n) is 19.8. The average Bonchev–Trinajstić information content (AvgIpc) is 3.07. The minimum atomic E-state index is -1.20. The van der Waals surface area contributed by atoms with Crippen LogP contribution in [0, 0.1) is 6.92 Å². The Hall–Kier alpha value is -1.85. The molecule has 1 atom stereocenters. The van der Waals surface area contributed by atoms with Crippen molar-refractivity contribution in [3.63, 3.8) is 0 Å². The van der Waals surface area contributed by atoms with Gasteiger partial charge in [-0.15, -0.1) is 0 Å². The topological polar surface area (TPSA) is 118 Å². The normalized spacial score (nSPS) is 12.0. The van der Waals surface area contributed by atoms with Crippen LogP contribution in [0.15, 0.2) is 23.1 Å². The molecule has 0 fully saturated rings. The monoisotopic (exact) mass is 517 g/mol. The predicted molar refractivity (Wildman–Crippen MR) is 135 cm³/mol. The molecular formula is C22H32ClN3O5S2. The summed E-state index contributed by atoms with van der Waals surface area (Å²) >= 11 is 7.42. The molecular weight excluding hydrogens is 486 g/mol. The van der Waals surface area contributed by atoms with E-state index in [9.17, 15) is 13.8 Å². The number of carbonyl (C=O) groups is 2. The lowest BCUT2D eigenvalue weighted by Crippen LogP contribution is -2.24. The molecule has 8 nitrogen and oxygen atoms in total. The molecule has 0 aliphatic rings. The molecule has 0 aliphatic heterocycles. The summed E-state index contributed by atoms with van der Waals surface area (Å²) in [6.07, 6.45) is 2.36. The van der Waals surface area contributed by atoms with Crippen LogP contribution in [0.25, 0.3) is 10.4 Å². The number of methoxy groups -OCH3 is 1. The molecule has 1 amide bonds. The van der Waals surface area contributed by atoms with Gasteiger partial charge in [-0.1, -0.05) is 29.0 Å².